The molecule has 0 aromatic rings. The summed E-state index contributed by atoms with van der Waals surface area (Å²) >= 11 is 0. The van der Waals surface area contributed by atoms with E-state index < -0.39 is 0 Å². The van der Waals surface area contributed by atoms with E-state index in [-0.39, 0.29) is 0 Å². The molecule has 0 aliphatic carbocycles. The van der Waals surface area contributed by atoms with Crippen molar-refractivity contribution >= 4 is 0 Å². The van der Waals surface area contributed by atoms with Gasteiger partial charge in [-0.25, -0.2) is 0 Å². The maximum absolute atomic E-state index is 8.21. The summed E-state index contributed by atoms with van der Waals surface area (Å²) in [5, 5.41) is 8.21. The Bertz CT molecular complexity index is 117. The van der Waals surface area contributed by atoms with Gasteiger partial charge >= 0.3 is 0 Å². The zero-order chi connectivity index (χ0) is 9.07. The summed E-state index contributed by atoms with van der Waals surface area (Å²) in [5.74, 6) is 0. The van der Waals surface area contributed by atoms with Crippen LogP contribution in [0, 0.1) is 11.3 Å². The van der Waals surface area contributed by atoms with Crippen molar-refractivity contribution in [2.45, 2.75) is 45.4 Å². The maximum atomic E-state index is 8.21. The lowest BCUT2D eigenvalue weighted by Gasteiger charge is -2.00. The highest BCUT2D eigenvalue weighted by molar-refractivity contribution is 4.66. The molecule has 0 atom stereocenters. The Labute approximate surface area is 75.5 Å². The van der Waals surface area contributed by atoms with Crippen LogP contribution in [0.5, 0.6) is 0 Å². The zero-order valence-corrected chi connectivity index (χ0v) is 8.01. The van der Waals surface area contributed by atoms with Crippen LogP contribution in [-0.4, -0.2) is 13.2 Å². The normalized spacial score (nSPS) is 9.67. The predicted octanol–water partition coefficient (Wildman–Crippen LogP) is 2.89. The minimum absolute atomic E-state index is 0.523. The van der Waals surface area contributed by atoms with E-state index in [4.69, 9.17) is 10.00 Å². The van der Waals surface area contributed by atoms with E-state index in [1.54, 1.807) is 0 Å². The van der Waals surface area contributed by atoms with Crippen LogP contribution in [0.15, 0.2) is 0 Å². The molecule has 0 saturated carbocycles. The Balaban J connectivity index is 2.78. The average molecular weight is 169 g/mol. The largest absolute Gasteiger partial charge is 0.380 e. The fourth-order valence-electron chi connectivity index (χ4n) is 1.03. The molecule has 0 bridgehead atoms. The first kappa shape index (κ1) is 11.4. The molecule has 0 aromatic carbocycles. The molecule has 12 heavy (non-hydrogen) atoms. The smallest absolute Gasteiger partial charge is 0.0645 e. The predicted molar refractivity (Wildman–Crippen MR) is 49.8 cm³/mol. The molecule has 2 heteroatoms. The van der Waals surface area contributed by atoms with Crippen LogP contribution in [0.25, 0.3) is 0 Å². The van der Waals surface area contributed by atoms with E-state index in [1.165, 1.54) is 25.7 Å². The van der Waals surface area contributed by atoms with E-state index >= 15 is 0 Å². The molecular weight excluding hydrogens is 150 g/mol. The number of hydrogen-bond acceptors (Lipinski definition) is 2. The molecule has 0 N–H and O–H groups in total. The highest BCUT2D eigenvalue weighted by atomic mass is 16.5. The summed E-state index contributed by atoms with van der Waals surface area (Å²) in [6.45, 7) is 3.64. The van der Waals surface area contributed by atoms with Crippen molar-refractivity contribution in [1.29, 1.82) is 5.26 Å². The molecule has 0 amide bonds. The number of nitrogens with zero attached hydrogens (tertiary/aromatic N) is 1. The molecule has 0 aliphatic heterocycles. The van der Waals surface area contributed by atoms with Gasteiger partial charge in [0.05, 0.1) is 19.1 Å². The molecule has 0 spiro atoms. The summed E-state index contributed by atoms with van der Waals surface area (Å²) in [4.78, 5) is 0. The minimum atomic E-state index is 0.523. The third-order valence-electron chi connectivity index (χ3n) is 1.75. The van der Waals surface area contributed by atoms with Crippen molar-refractivity contribution in [3.8, 4) is 6.07 Å². The average Bonchev–Trinajstić information content (AvgIpc) is 2.10. The Morgan fingerprint density at radius 1 is 1.08 bits per heavy atom. The lowest BCUT2D eigenvalue weighted by atomic mass is 10.2. The number of hydrogen-bond donors (Lipinski definition) is 0. The molecule has 0 aromatic heterocycles. The van der Waals surface area contributed by atoms with E-state index in [1.807, 2.05) is 0 Å². The topological polar surface area (TPSA) is 33.0 Å². The maximum Gasteiger partial charge on any atom is 0.0645 e. The van der Waals surface area contributed by atoms with Crippen LogP contribution >= 0.6 is 0 Å². The second-order valence-corrected chi connectivity index (χ2v) is 2.93. The number of rotatable bonds is 8. The van der Waals surface area contributed by atoms with Crippen molar-refractivity contribution in [2.75, 3.05) is 13.2 Å². The molecule has 0 saturated heterocycles. The molecule has 0 heterocycles. The lowest BCUT2D eigenvalue weighted by molar-refractivity contribution is 0.135. The summed E-state index contributed by atoms with van der Waals surface area (Å²) in [5.41, 5.74) is 0. The lowest BCUT2D eigenvalue weighted by Crippen LogP contribution is -1.95. The SMILES string of the molecule is CCCCCCCOCCC#N. The van der Waals surface area contributed by atoms with Gasteiger partial charge in [0.1, 0.15) is 0 Å². The quantitative estimate of drug-likeness (QED) is 0.523. The van der Waals surface area contributed by atoms with Gasteiger partial charge in [-0.1, -0.05) is 32.6 Å². The first-order valence-electron chi connectivity index (χ1n) is 4.86. The third kappa shape index (κ3) is 9.45. The van der Waals surface area contributed by atoms with Crippen LogP contribution < -0.4 is 0 Å². The number of nitriles is 1. The highest BCUT2D eigenvalue weighted by Gasteiger charge is 1.89. The fraction of sp³-hybridized carbons (Fsp3) is 0.900. The van der Waals surface area contributed by atoms with Gasteiger partial charge in [-0.3, -0.25) is 0 Å². The van der Waals surface area contributed by atoms with Crippen LogP contribution in [0.2, 0.25) is 0 Å². The molecule has 0 fully saturated rings. The van der Waals surface area contributed by atoms with Crippen LogP contribution in [0.3, 0.4) is 0 Å². The van der Waals surface area contributed by atoms with Gasteiger partial charge in [0, 0.05) is 6.61 Å². The second kappa shape index (κ2) is 10.4. The van der Waals surface area contributed by atoms with E-state index in [9.17, 15) is 0 Å². The first-order valence-corrected chi connectivity index (χ1v) is 4.86. The van der Waals surface area contributed by atoms with Crippen LogP contribution in [0.1, 0.15) is 45.4 Å². The van der Waals surface area contributed by atoms with Crippen LogP contribution in [0.4, 0.5) is 0 Å². The van der Waals surface area contributed by atoms with E-state index in [0.29, 0.717) is 13.0 Å². The molecular formula is C10H19NO. The van der Waals surface area contributed by atoms with Gasteiger partial charge in [-0.15, -0.1) is 0 Å². The third-order valence-corrected chi connectivity index (χ3v) is 1.75. The van der Waals surface area contributed by atoms with Gasteiger partial charge in [0.2, 0.25) is 0 Å². The van der Waals surface area contributed by atoms with Crippen molar-refractivity contribution in [1.82, 2.24) is 0 Å². The molecule has 0 rings (SSSR count). The van der Waals surface area contributed by atoms with E-state index in [0.717, 1.165) is 13.0 Å². The first-order chi connectivity index (χ1) is 5.91. The summed E-state index contributed by atoms with van der Waals surface area (Å²) in [6, 6.07) is 2.05. The van der Waals surface area contributed by atoms with Crippen molar-refractivity contribution in [3.63, 3.8) is 0 Å². The second-order valence-electron chi connectivity index (χ2n) is 2.93. The van der Waals surface area contributed by atoms with Gasteiger partial charge in [-0.2, -0.15) is 5.26 Å². The van der Waals surface area contributed by atoms with Gasteiger partial charge in [-0.05, 0) is 6.42 Å². The highest BCUT2D eigenvalue weighted by Crippen LogP contribution is 2.02. The fourth-order valence-corrected chi connectivity index (χ4v) is 1.03. The molecule has 0 aliphatic rings. The standard InChI is InChI=1S/C10H19NO/c1-2-3-4-5-6-9-12-10-7-8-11/h2-7,9-10H2,1H3. The molecule has 2 nitrogen and oxygen atoms in total. The van der Waals surface area contributed by atoms with Gasteiger partial charge < -0.3 is 4.74 Å². The number of ether oxygens (including phenoxy) is 1. The molecule has 70 valence electrons. The minimum Gasteiger partial charge on any atom is -0.380 e. The zero-order valence-electron chi connectivity index (χ0n) is 8.01. The Morgan fingerprint density at radius 2 is 1.83 bits per heavy atom. The summed E-state index contributed by atoms with van der Waals surface area (Å²) < 4.78 is 5.23. The van der Waals surface area contributed by atoms with Crippen LogP contribution in [-0.2, 0) is 4.74 Å². The van der Waals surface area contributed by atoms with Crippen molar-refractivity contribution in [2.24, 2.45) is 0 Å². The monoisotopic (exact) mass is 169 g/mol. The Morgan fingerprint density at radius 3 is 2.50 bits per heavy atom. The van der Waals surface area contributed by atoms with Gasteiger partial charge in [0.25, 0.3) is 0 Å². The number of unbranched alkanes of at least 4 members (excludes halogenated alkanes) is 4. The Hall–Kier alpha value is -0.550. The molecule has 0 radical (unpaired) electrons. The molecule has 0 unspecified atom stereocenters. The van der Waals surface area contributed by atoms with Crippen molar-refractivity contribution < 1.29 is 4.74 Å². The van der Waals surface area contributed by atoms with Crippen molar-refractivity contribution in [3.05, 3.63) is 0 Å². The van der Waals surface area contributed by atoms with E-state index in [2.05, 4.69) is 13.0 Å². The van der Waals surface area contributed by atoms with Gasteiger partial charge in [0.15, 0.2) is 0 Å². The Kier molecular flexibility index (Phi) is 9.97. The summed E-state index contributed by atoms with van der Waals surface area (Å²) in [7, 11) is 0. The summed E-state index contributed by atoms with van der Waals surface area (Å²) in [6.07, 6.45) is 6.87.